The first-order valence-electron chi connectivity index (χ1n) is 5.92. The van der Waals surface area contributed by atoms with Crippen LogP contribution in [0.4, 0.5) is 0 Å². The number of halogens is 1. The minimum atomic E-state index is 0. The highest BCUT2D eigenvalue weighted by molar-refractivity contribution is 6.30. The predicted molar refractivity (Wildman–Crippen MR) is 80.7 cm³/mol. The second kappa shape index (κ2) is 6.11. The molecule has 0 saturated carbocycles. The molecule has 2 aromatic rings. The molecule has 0 amide bonds. The van der Waals surface area contributed by atoms with Gasteiger partial charge in [-0.05, 0) is 30.5 Å². The number of nitrogens with zero attached hydrogens (tertiary/aromatic N) is 2. The van der Waals surface area contributed by atoms with Crippen molar-refractivity contribution < 1.29 is 4.74 Å². The average molecular weight is 281 g/mol. The minimum absolute atomic E-state index is 0. The lowest BCUT2D eigenvalue weighted by Crippen LogP contribution is -1.99. The molecule has 104 valence electrons. The first kappa shape index (κ1) is 15.6. The third-order valence-corrected chi connectivity index (χ3v) is 3.46. The highest BCUT2D eigenvalue weighted by Gasteiger charge is 2.12. The van der Waals surface area contributed by atoms with E-state index in [9.17, 15) is 0 Å². The van der Waals surface area contributed by atoms with Gasteiger partial charge < -0.3 is 4.74 Å². The van der Waals surface area contributed by atoms with Gasteiger partial charge in [-0.2, -0.15) is 0 Å². The van der Waals surface area contributed by atoms with E-state index >= 15 is 0 Å². The van der Waals surface area contributed by atoms with Gasteiger partial charge >= 0.3 is 0 Å². The van der Waals surface area contributed by atoms with Crippen LogP contribution in [0.25, 0.3) is 5.69 Å². The van der Waals surface area contributed by atoms with Crippen molar-refractivity contribution in [2.24, 2.45) is 0 Å². The molecular weight excluding hydrogens is 260 g/mol. The predicted octanol–water partition coefficient (Wildman–Crippen LogP) is 4.60. The second-order valence-electron chi connectivity index (χ2n) is 4.58. The molecule has 4 heteroatoms. The van der Waals surface area contributed by atoms with Crippen molar-refractivity contribution in [3.8, 4) is 11.4 Å². The van der Waals surface area contributed by atoms with Crippen LogP contribution in [0.15, 0.2) is 24.5 Å². The van der Waals surface area contributed by atoms with E-state index in [0.29, 0.717) is 11.1 Å². The Bertz CT molecular complexity index is 561. The summed E-state index contributed by atoms with van der Waals surface area (Å²) >= 11 is 6.22. The fourth-order valence-corrected chi connectivity index (χ4v) is 2.03. The lowest BCUT2D eigenvalue weighted by Gasteiger charge is -2.13. The molecule has 1 aromatic heterocycles. The Hall–Kier alpha value is -1.48. The van der Waals surface area contributed by atoms with E-state index < -0.39 is 0 Å². The summed E-state index contributed by atoms with van der Waals surface area (Å²) in [5.74, 6) is 1.27. The van der Waals surface area contributed by atoms with E-state index in [4.69, 9.17) is 16.3 Å². The van der Waals surface area contributed by atoms with Gasteiger partial charge in [0.05, 0.1) is 18.5 Å². The highest BCUT2D eigenvalue weighted by atomic mass is 35.5. The van der Waals surface area contributed by atoms with Crippen molar-refractivity contribution in [1.29, 1.82) is 0 Å². The van der Waals surface area contributed by atoms with Gasteiger partial charge in [-0.15, -0.1) is 0 Å². The van der Waals surface area contributed by atoms with Gasteiger partial charge in [-0.1, -0.05) is 38.9 Å². The summed E-state index contributed by atoms with van der Waals surface area (Å²) in [6.45, 7) is 6.19. The number of aromatic nitrogens is 2. The van der Waals surface area contributed by atoms with Crippen LogP contribution in [0, 0.1) is 6.92 Å². The summed E-state index contributed by atoms with van der Waals surface area (Å²) in [6.07, 6.45) is 1.71. The standard InChI is InChI=1S/C14H17ClN2O.CH4/c1-9(2)11-5-6-12(13(7-11)18-4)17-8-16-10(3)14(17)15;/h5-9H,1-4H3;1H4. The van der Waals surface area contributed by atoms with E-state index in [1.165, 1.54) is 5.56 Å². The number of hydrogen-bond acceptors (Lipinski definition) is 2. The van der Waals surface area contributed by atoms with Crippen LogP contribution in [0.3, 0.4) is 0 Å². The van der Waals surface area contributed by atoms with Gasteiger partial charge in [-0.25, -0.2) is 4.98 Å². The molecule has 0 bridgehead atoms. The number of methoxy groups -OCH3 is 1. The quantitative estimate of drug-likeness (QED) is 0.821. The minimum Gasteiger partial charge on any atom is -0.495 e. The molecule has 3 nitrogen and oxygen atoms in total. The number of rotatable bonds is 3. The van der Waals surface area contributed by atoms with Crippen LogP contribution >= 0.6 is 11.6 Å². The van der Waals surface area contributed by atoms with Gasteiger partial charge in [-0.3, -0.25) is 4.57 Å². The van der Waals surface area contributed by atoms with E-state index in [1.54, 1.807) is 13.4 Å². The lowest BCUT2D eigenvalue weighted by atomic mass is 10.0. The smallest absolute Gasteiger partial charge is 0.143 e. The summed E-state index contributed by atoms with van der Waals surface area (Å²) in [4.78, 5) is 4.20. The van der Waals surface area contributed by atoms with Crippen LogP contribution in [-0.4, -0.2) is 16.7 Å². The lowest BCUT2D eigenvalue weighted by molar-refractivity contribution is 0.412. The van der Waals surface area contributed by atoms with Crippen LogP contribution in [0.5, 0.6) is 5.75 Å². The molecule has 0 aliphatic rings. The van der Waals surface area contributed by atoms with Crippen LogP contribution in [0.1, 0.15) is 38.4 Å². The highest BCUT2D eigenvalue weighted by Crippen LogP contribution is 2.30. The largest absolute Gasteiger partial charge is 0.495 e. The van der Waals surface area contributed by atoms with Crippen molar-refractivity contribution in [3.05, 3.63) is 40.9 Å². The van der Waals surface area contributed by atoms with Crippen LogP contribution in [-0.2, 0) is 0 Å². The Morgan fingerprint density at radius 2 is 2.00 bits per heavy atom. The number of benzene rings is 1. The molecule has 0 saturated heterocycles. The average Bonchev–Trinajstić information content (AvgIpc) is 2.69. The Kier molecular flexibility index (Phi) is 5.01. The van der Waals surface area contributed by atoms with Crippen molar-refractivity contribution >= 4 is 11.6 Å². The van der Waals surface area contributed by atoms with Crippen molar-refractivity contribution in [3.63, 3.8) is 0 Å². The normalized spacial score (nSPS) is 10.4. The summed E-state index contributed by atoms with van der Waals surface area (Å²) in [5, 5.41) is 0.616. The zero-order valence-electron chi connectivity index (χ0n) is 11.1. The number of hydrogen-bond donors (Lipinski definition) is 0. The topological polar surface area (TPSA) is 27.1 Å². The maximum atomic E-state index is 6.22. The van der Waals surface area contributed by atoms with Gasteiger partial charge in [0.25, 0.3) is 0 Å². The summed E-state index contributed by atoms with van der Waals surface area (Å²) < 4.78 is 7.28. The summed E-state index contributed by atoms with van der Waals surface area (Å²) in [6, 6.07) is 6.15. The van der Waals surface area contributed by atoms with Crippen molar-refractivity contribution in [2.45, 2.75) is 34.1 Å². The molecule has 2 rings (SSSR count). The SMILES string of the molecule is C.COc1cc(C(C)C)ccc1-n1cnc(C)c1Cl. The third kappa shape index (κ3) is 2.92. The second-order valence-corrected chi connectivity index (χ2v) is 4.93. The van der Waals surface area contributed by atoms with Crippen LogP contribution in [0.2, 0.25) is 5.15 Å². The van der Waals surface area contributed by atoms with E-state index in [0.717, 1.165) is 17.1 Å². The molecule has 0 fully saturated rings. The molecule has 1 heterocycles. The number of imidazole rings is 1. The Balaban J connectivity index is 0.00000180. The van der Waals surface area contributed by atoms with Gasteiger partial charge in [0, 0.05) is 0 Å². The van der Waals surface area contributed by atoms with Crippen molar-refractivity contribution in [2.75, 3.05) is 7.11 Å². The first-order chi connectivity index (χ1) is 8.54. The van der Waals surface area contributed by atoms with E-state index in [1.807, 2.05) is 23.6 Å². The molecule has 0 N–H and O–H groups in total. The summed E-state index contributed by atoms with van der Waals surface area (Å²) in [5.41, 5.74) is 2.96. The number of aryl methyl sites for hydroxylation is 1. The maximum Gasteiger partial charge on any atom is 0.143 e. The van der Waals surface area contributed by atoms with Crippen LogP contribution < -0.4 is 4.74 Å². The van der Waals surface area contributed by atoms with E-state index in [-0.39, 0.29) is 7.43 Å². The fraction of sp³-hybridized carbons (Fsp3) is 0.400. The molecule has 1 aromatic carbocycles. The zero-order chi connectivity index (χ0) is 13.3. The molecule has 0 atom stereocenters. The first-order valence-corrected chi connectivity index (χ1v) is 6.30. The molecule has 0 aliphatic heterocycles. The third-order valence-electron chi connectivity index (χ3n) is 3.01. The fourth-order valence-electron chi connectivity index (χ4n) is 1.84. The molecule has 0 aliphatic carbocycles. The molecule has 0 radical (unpaired) electrons. The van der Waals surface area contributed by atoms with Gasteiger partial charge in [0.2, 0.25) is 0 Å². The van der Waals surface area contributed by atoms with Gasteiger partial charge in [0.1, 0.15) is 17.2 Å². The monoisotopic (exact) mass is 280 g/mol. The summed E-state index contributed by atoms with van der Waals surface area (Å²) in [7, 11) is 1.67. The molecule has 0 spiro atoms. The van der Waals surface area contributed by atoms with Gasteiger partial charge in [0.15, 0.2) is 0 Å². The Labute approximate surface area is 120 Å². The Morgan fingerprint density at radius 3 is 2.47 bits per heavy atom. The zero-order valence-corrected chi connectivity index (χ0v) is 11.8. The Morgan fingerprint density at radius 1 is 1.32 bits per heavy atom. The number of ether oxygens (including phenoxy) is 1. The molecule has 0 unspecified atom stereocenters. The van der Waals surface area contributed by atoms with Crippen molar-refractivity contribution in [1.82, 2.24) is 9.55 Å². The molecule has 19 heavy (non-hydrogen) atoms. The maximum absolute atomic E-state index is 6.22. The molecular formula is C15H21ClN2O. The van der Waals surface area contributed by atoms with E-state index in [2.05, 4.69) is 24.9 Å².